The van der Waals surface area contributed by atoms with Crippen LogP contribution in [0, 0.1) is 0 Å². The van der Waals surface area contributed by atoms with Crippen LogP contribution in [0.25, 0.3) is 10.9 Å². The third kappa shape index (κ3) is 6.06. The number of ether oxygens (including phenoxy) is 2. The number of halogens is 2. The predicted octanol–water partition coefficient (Wildman–Crippen LogP) is 1.21. The minimum absolute atomic E-state index is 0.0492. The van der Waals surface area contributed by atoms with Crippen LogP contribution < -0.4 is 15.1 Å². The molecule has 0 bridgehead atoms. The van der Waals surface area contributed by atoms with E-state index in [1.54, 1.807) is 24.3 Å². The number of alkyl halides is 2. The Morgan fingerprint density at radius 3 is 2.08 bits per heavy atom. The van der Waals surface area contributed by atoms with E-state index in [1.165, 1.54) is 6.07 Å². The highest BCUT2D eigenvalue weighted by Gasteiger charge is 2.71. The quantitative estimate of drug-likeness (QED) is 0.169. The van der Waals surface area contributed by atoms with Crippen LogP contribution in [0.4, 0.5) is 8.78 Å². The molecule has 3 heterocycles. The van der Waals surface area contributed by atoms with Crippen molar-refractivity contribution in [3.63, 3.8) is 0 Å². The highest BCUT2D eigenvalue weighted by atomic mass is 19.3. The maximum atomic E-state index is 15.1. The molecular formula is C38H41F2N3O9. The van der Waals surface area contributed by atoms with Crippen LogP contribution in [0.15, 0.2) is 83.7 Å². The summed E-state index contributed by atoms with van der Waals surface area (Å²) in [6, 6.07) is 22.7. The number of aliphatic hydroxyl groups excluding tert-OH is 5. The van der Waals surface area contributed by atoms with E-state index in [0.29, 0.717) is 43.9 Å². The number of piperazine rings is 1. The van der Waals surface area contributed by atoms with Gasteiger partial charge in [0, 0.05) is 44.2 Å². The molecule has 12 nitrogen and oxygen atoms in total. The van der Waals surface area contributed by atoms with Gasteiger partial charge in [-0.05, 0) is 40.5 Å². The van der Waals surface area contributed by atoms with Gasteiger partial charge >= 0.3 is 0 Å². The van der Waals surface area contributed by atoms with Crippen molar-refractivity contribution in [3.8, 4) is 5.75 Å². The molecule has 0 amide bonds. The maximum absolute atomic E-state index is 15.1. The van der Waals surface area contributed by atoms with Crippen molar-refractivity contribution in [2.75, 3.05) is 45.9 Å². The number of rotatable bonds is 9. The fourth-order valence-corrected chi connectivity index (χ4v) is 8.20. The fraction of sp³-hybridized carbons (Fsp3) is 0.447. The molecule has 9 atom stereocenters. The average molecular weight is 722 g/mol. The number of β-amino-alcohol motifs (C(OH)–C–C–N with tert-alkyl or cyclic N) is 1. The largest absolute Gasteiger partial charge is 0.490 e. The Hall–Kier alpha value is -3.99. The van der Waals surface area contributed by atoms with E-state index in [4.69, 9.17) is 14.3 Å². The Labute approximate surface area is 297 Å². The van der Waals surface area contributed by atoms with E-state index in [9.17, 15) is 30.3 Å². The number of fused-ring (bicyclic) bond motifs is 6. The van der Waals surface area contributed by atoms with Gasteiger partial charge in [-0.1, -0.05) is 54.6 Å². The minimum Gasteiger partial charge on any atom is -0.490 e. The van der Waals surface area contributed by atoms with Crippen molar-refractivity contribution in [1.82, 2.24) is 14.5 Å². The smallest absolute Gasteiger partial charge is 0.283 e. The first kappa shape index (κ1) is 35.1. The highest BCUT2D eigenvalue weighted by Crippen LogP contribution is 2.70. The van der Waals surface area contributed by atoms with Crippen LogP contribution in [0.2, 0.25) is 0 Å². The zero-order chi connectivity index (χ0) is 36.3. The van der Waals surface area contributed by atoms with Crippen LogP contribution in [-0.4, -0.2) is 129 Å². The van der Waals surface area contributed by atoms with Crippen LogP contribution >= 0.6 is 0 Å². The second-order valence-electron chi connectivity index (χ2n) is 14.0. The summed E-state index contributed by atoms with van der Waals surface area (Å²) in [4.78, 5) is 23.0. The Morgan fingerprint density at radius 2 is 1.44 bits per heavy atom. The number of hydrogen-bond acceptors (Lipinski definition) is 11. The third-order valence-electron chi connectivity index (χ3n) is 10.9. The highest BCUT2D eigenvalue weighted by molar-refractivity contribution is 5.85. The lowest BCUT2D eigenvalue weighted by Crippen LogP contribution is -2.61. The van der Waals surface area contributed by atoms with Gasteiger partial charge in [0.25, 0.3) is 17.8 Å². The molecule has 5 N–H and O–H groups in total. The van der Waals surface area contributed by atoms with E-state index in [0.717, 1.165) is 27.0 Å². The standard InChI is InChI=1S/C38H41F2N3O9/c39-38(40)31-22-6-1-3-8-24(22)33(25-9-4-2-7-23(25)32(31)38)42-16-14-41(15-17-42)18-21(45)20-50-28-11-5-10-27-26(28)12-13-30(46)43(27)52-37-36(49)35(48)34(47)29(19-44)51-37/h1-13,21,29,31-37,44-45,47-49H,14-20H2/t21-,29-,31-,32+,33?,34-,35+,36-,37+/m1/s1. The zero-order valence-corrected chi connectivity index (χ0v) is 28.1. The second kappa shape index (κ2) is 13.8. The first-order valence-electron chi connectivity index (χ1n) is 17.5. The van der Waals surface area contributed by atoms with Crippen molar-refractivity contribution >= 4 is 10.9 Å². The maximum Gasteiger partial charge on any atom is 0.283 e. The molecule has 1 aromatic heterocycles. The summed E-state index contributed by atoms with van der Waals surface area (Å²) < 4.78 is 42.5. The van der Waals surface area contributed by atoms with Gasteiger partial charge in [0.15, 0.2) is 0 Å². The summed E-state index contributed by atoms with van der Waals surface area (Å²) in [5, 5.41) is 51.7. The van der Waals surface area contributed by atoms with E-state index in [2.05, 4.69) is 9.80 Å². The lowest BCUT2D eigenvalue weighted by molar-refractivity contribution is -0.300. The molecule has 2 saturated heterocycles. The molecule has 3 fully saturated rings. The van der Waals surface area contributed by atoms with Crippen molar-refractivity contribution in [1.29, 1.82) is 0 Å². The molecule has 52 heavy (non-hydrogen) atoms. The molecule has 4 aliphatic rings. The van der Waals surface area contributed by atoms with Crippen LogP contribution in [0.1, 0.15) is 40.1 Å². The zero-order valence-electron chi connectivity index (χ0n) is 28.1. The molecule has 4 aromatic rings. The number of nitrogens with zero attached hydrogens (tertiary/aromatic N) is 3. The average Bonchev–Trinajstić information content (AvgIpc) is 3.77. The van der Waals surface area contributed by atoms with Crippen LogP contribution in [0.5, 0.6) is 5.75 Å². The summed E-state index contributed by atoms with van der Waals surface area (Å²) in [5.74, 6) is -4.02. The molecule has 0 radical (unpaired) electrons. The van der Waals surface area contributed by atoms with E-state index in [1.807, 2.05) is 48.5 Å². The summed E-state index contributed by atoms with van der Waals surface area (Å²) in [7, 11) is 0. The Bertz CT molecular complexity index is 1930. The molecule has 14 heteroatoms. The summed E-state index contributed by atoms with van der Waals surface area (Å²) in [6.45, 7) is 2.33. The third-order valence-corrected chi connectivity index (χ3v) is 10.9. The van der Waals surface area contributed by atoms with Gasteiger partial charge in [0.1, 0.15) is 42.9 Å². The predicted molar refractivity (Wildman–Crippen MR) is 183 cm³/mol. The van der Waals surface area contributed by atoms with Gasteiger partial charge in [-0.25, -0.2) is 8.78 Å². The molecule has 1 unspecified atom stereocenters. The molecule has 0 spiro atoms. The number of hydrogen-bond donors (Lipinski definition) is 5. The SMILES string of the molecule is O=c1ccc2c(OC[C@H](O)CN3CCN(C4c5ccccc5[C@@H]5[C@H](c6ccccc64)C5(F)F)CC3)cccc2n1O[C@@H]1O[C@H](CO)[C@@H](O)[C@H](O)[C@H]1O. The van der Waals surface area contributed by atoms with Gasteiger partial charge in [0.2, 0.25) is 0 Å². The van der Waals surface area contributed by atoms with Crippen molar-refractivity contribution in [3.05, 3.63) is 111 Å². The number of aliphatic hydroxyl groups is 5. The molecule has 8 rings (SSSR count). The summed E-state index contributed by atoms with van der Waals surface area (Å²) >= 11 is 0. The molecule has 2 aliphatic carbocycles. The van der Waals surface area contributed by atoms with E-state index in [-0.39, 0.29) is 18.2 Å². The van der Waals surface area contributed by atoms with E-state index >= 15 is 8.78 Å². The molecule has 1 saturated carbocycles. The lowest BCUT2D eigenvalue weighted by Gasteiger charge is -2.41. The van der Waals surface area contributed by atoms with Gasteiger partial charge in [-0.15, -0.1) is 4.73 Å². The molecular weight excluding hydrogens is 680 g/mol. The Balaban J connectivity index is 0.920. The normalized spacial score (nSPS) is 30.4. The molecule has 2 aliphatic heterocycles. The lowest BCUT2D eigenvalue weighted by atomic mass is 9.90. The van der Waals surface area contributed by atoms with Crippen molar-refractivity contribution in [2.24, 2.45) is 0 Å². The Kier molecular flexibility index (Phi) is 9.28. The number of aromatic nitrogens is 1. The monoisotopic (exact) mass is 721 g/mol. The molecule has 276 valence electrons. The Morgan fingerprint density at radius 1 is 0.808 bits per heavy atom. The minimum atomic E-state index is -2.76. The summed E-state index contributed by atoms with van der Waals surface area (Å²) in [5.41, 5.74) is 2.96. The first-order valence-corrected chi connectivity index (χ1v) is 17.5. The first-order chi connectivity index (χ1) is 25.1. The van der Waals surface area contributed by atoms with Gasteiger partial charge in [-0.2, -0.15) is 0 Å². The molecule has 3 aromatic carbocycles. The van der Waals surface area contributed by atoms with Crippen LogP contribution in [0.3, 0.4) is 0 Å². The van der Waals surface area contributed by atoms with Crippen molar-refractivity contribution in [2.45, 2.75) is 60.6 Å². The van der Waals surface area contributed by atoms with Crippen molar-refractivity contribution < 1.29 is 48.6 Å². The number of pyridine rings is 1. The van der Waals surface area contributed by atoms with Gasteiger partial charge in [0.05, 0.1) is 30.0 Å². The number of benzene rings is 3. The topological polar surface area (TPSA) is 157 Å². The second-order valence-corrected chi connectivity index (χ2v) is 14.0. The van der Waals surface area contributed by atoms with Crippen LogP contribution in [-0.2, 0) is 4.74 Å². The summed E-state index contributed by atoms with van der Waals surface area (Å²) in [6.07, 6.45) is -8.63. The fourth-order valence-electron chi connectivity index (χ4n) is 8.20. The van der Waals surface area contributed by atoms with E-state index < -0.39 is 66.7 Å². The van der Waals surface area contributed by atoms with Gasteiger partial charge < -0.3 is 39.8 Å². The van der Waals surface area contributed by atoms with Gasteiger partial charge in [-0.3, -0.25) is 14.6 Å².